The summed E-state index contributed by atoms with van der Waals surface area (Å²) in [5, 5.41) is 6.35. The van der Waals surface area contributed by atoms with Crippen molar-refractivity contribution in [2.75, 3.05) is 19.6 Å². The normalized spacial score (nSPS) is 21.7. The second-order valence-corrected chi connectivity index (χ2v) is 4.47. The highest BCUT2D eigenvalue weighted by Crippen LogP contribution is 2.11. The number of hydrogen-bond acceptors (Lipinski definition) is 2. The van der Waals surface area contributed by atoms with Crippen LogP contribution in [0.4, 0.5) is 0 Å². The summed E-state index contributed by atoms with van der Waals surface area (Å²) in [6.45, 7) is 7.14. The van der Waals surface area contributed by atoms with Crippen molar-refractivity contribution in [3.8, 4) is 0 Å². The maximum atomic E-state index is 11.8. The lowest BCUT2D eigenvalue weighted by molar-refractivity contribution is -0.125. The van der Waals surface area contributed by atoms with E-state index in [1.165, 1.54) is 0 Å². The van der Waals surface area contributed by atoms with Crippen molar-refractivity contribution in [1.82, 2.24) is 10.6 Å². The smallest absolute Gasteiger partial charge is 0.224 e. The molecule has 0 aromatic heterocycles. The molecule has 0 radical (unpaired) electrons. The van der Waals surface area contributed by atoms with Crippen LogP contribution in [0.2, 0.25) is 0 Å². The minimum absolute atomic E-state index is 0.202. The van der Waals surface area contributed by atoms with E-state index in [1.54, 1.807) is 0 Å². The van der Waals surface area contributed by atoms with E-state index in [9.17, 15) is 4.79 Å². The molecule has 1 aliphatic heterocycles. The Morgan fingerprint density at radius 1 is 1.47 bits per heavy atom. The van der Waals surface area contributed by atoms with Gasteiger partial charge in [-0.25, -0.2) is 0 Å². The minimum Gasteiger partial charge on any atom is -0.356 e. The zero-order valence-corrected chi connectivity index (χ0v) is 10.0. The van der Waals surface area contributed by atoms with Gasteiger partial charge in [-0.2, -0.15) is 0 Å². The van der Waals surface area contributed by atoms with Gasteiger partial charge in [0, 0.05) is 13.1 Å². The fourth-order valence-electron chi connectivity index (χ4n) is 2.04. The van der Waals surface area contributed by atoms with Crippen molar-refractivity contribution in [1.29, 1.82) is 0 Å². The lowest BCUT2D eigenvalue weighted by atomic mass is 9.98. The van der Waals surface area contributed by atoms with Gasteiger partial charge in [-0.1, -0.05) is 26.7 Å². The van der Waals surface area contributed by atoms with Crippen molar-refractivity contribution >= 4 is 5.91 Å². The molecule has 0 aromatic carbocycles. The fraction of sp³-hybridized carbons (Fsp3) is 0.917. The SMILES string of the molecule is CCC(CC)CNC(=O)[C@@H]1CCCNC1. The predicted molar refractivity (Wildman–Crippen MR) is 62.7 cm³/mol. The number of amides is 1. The van der Waals surface area contributed by atoms with E-state index in [4.69, 9.17) is 0 Å². The number of hydrogen-bond donors (Lipinski definition) is 2. The molecule has 2 N–H and O–H groups in total. The van der Waals surface area contributed by atoms with Gasteiger partial charge in [0.15, 0.2) is 0 Å². The van der Waals surface area contributed by atoms with Gasteiger partial charge < -0.3 is 10.6 Å². The average molecular weight is 212 g/mol. The first-order valence-electron chi connectivity index (χ1n) is 6.26. The van der Waals surface area contributed by atoms with Gasteiger partial charge in [-0.3, -0.25) is 4.79 Å². The summed E-state index contributed by atoms with van der Waals surface area (Å²) in [6, 6.07) is 0. The number of nitrogens with one attached hydrogen (secondary N) is 2. The van der Waals surface area contributed by atoms with Gasteiger partial charge in [-0.15, -0.1) is 0 Å². The van der Waals surface area contributed by atoms with E-state index < -0.39 is 0 Å². The monoisotopic (exact) mass is 212 g/mol. The highest BCUT2D eigenvalue weighted by molar-refractivity contribution is 5.78. The first-order chi connectivity index (χ1) is 7.27. The molecule has 1 atom stereocenters. The Kier molecular flexibility index (Phi) is 5.69. The second kappa shape index (κ2) is 6.83. The van der Waals surface area contributed by atoms with E-state index in [0.29, 0.717) is 5.92 Å². The van der Waals surface area contributed by atoms with Crippen LogP contribution in [0.25, 0.3) is 0 Å². The quantitative estimate of drug-likeness (QED) is 0.726. The van der Waals surface area contributed by atoms with Gasteiger partial charge in [-0.05, 0) is 25.3 Å². The molecule has 0 saturated carbocycles. The van der Waals surface area contributed by atoms with Crippen LogP contribution >= 0.6 is 0 Å². The van der Waals surface area contributed by atoms with Crippen LogP contribution in [0.3, 0.4) is 0 Å². The molecule has 0 bridgehead atoms. The molecule has 0 spiro atoms. The molecule has 3 heteroatoms. The number of rotatable bonds is 5. The molecule has 1 fully saturated rings. The molecule has 3 nitrogen and oxygen atoms in total. The third-order valence-electron chi connectivity index (χ3n) is 3.39. The van der Waals surface area contributed by atoms with E-state index in [-0.39, 0.29) is 11.8 Å². The Hall–Kier alpha value is -0.570. The fourth-order valence-corrected chi connectivity index (χ4v) is 2.04. The summed E-state index contributed by atoms with van der Waals surface area (Å²) >= 11 is 0. The summed E-state index contributed by atoms with van der Waals surface area (Å²) in [5.41, 5.74) is 0. The van der Waals surface area contributed by atoms with E-state index in [2.05, 4.69) is 24.5 Å². The molecule has 1 saturated heterocycles. The summed E-state index contributed by atoms with van der Waals surface area (Å²) in [7, 11) is 0. The van der Waals surface area contributed by atoms with E-state index >= 15 is 0 Å². The topological polar surface area (TPSA) is 41.1 Å². The largest absolute Gasteiger partial charge is 0.356 e. The molecule has 1 heterocycles. The second-order valence-electron chi connectivity index (χ2n) is 4.47. The third-order valence-corrected chi connectivity index (χ3v) is 3.39. The number of carbonyl (C=O) groups is 1. The summed E-state index contributed by atoms with van der Waals surface area (Å²) in [6.07, 6.45) is 4.48. The molecule has 1 rings (SSSR count). The van der Waals surface area contributed by atoms with E-state index in [1.807, 2.05) is 0 Å². The van der Waals surface area contributed by atoms with Crippen LogP contribution in [0.1, 0.15) is 39.5 Å². The van der Waals surface area contributed by atoms with Crippen LogP contribution < -0.4 is 10.6 Å². The number of carbonyl (C=O) groups excluding carboxylic acids is 1. The highest BCUT2D eigenvalue weighted by Gasteiger charge is 2.20. The lowest BCUT2D eigenvalue weighted by Crippen LogP contribution is -2.41. The molecule has 88 valence electrons. The summed E-state index contributed by atoms with van der Waals surface area (Å²) < 4.78 is 0. The van der Waals surface area contributed by atoms with Crippen molar-refractivity contribution in [2.45, 2.75) is 39.5 Å². The standard InChI is InChI=1S/C12H24N2O/c1-3-10(4-2)8-14-12(15)11-6-5-7-13-9-11/h10-11,13H,3-9H2,1-2H3,(H,14,15)/t11-/m1/s1. The molecule has 15 heavy (non-hydrogen) atoms. The van der Waals surface area contributed by atoms with Crippen LogP contribution in [0.15, 0.2) is 0 Å². The molecular formula is C12H24N2O. The zero-order valence-electron chi connectivity index (χ0n) is 10.0. The van der Waals surface area contributed by atoms with Gasteiger partial charge in [0.25, 0.3) is 0 Å². The Bertz CT molecular complexity index is 184. The Labute approximate surface area is 93.0 Å². The first-order valence-corrected chi connectivity index (χ1v) is 6.26. The molecule has 0 aromatic rings. The highest BCUT2D eigenvalue weighted by atomic mass is 16.1. The van der Waals surface area contributed by atoms with Crippen LogP contribution in [-0.2, 0) is 4.79 Å². The maximum absolute atomic E-state index is 11.8. The van der Waals surface area contributed by atoms with Crippen LogP contribution in [0, 0.1) is 11.8 Å². The average Bonchev–Trinajstić information content (AvgIpc) is 2.31. The van der Waals surface area contributed by atoms with Gasteiger partial charge in [0.1, 0.15) is 0 Å². The van der Waals surface area contributed by atoms with E-state index in [0.717, 1.165) is 45.3 Å². The predicted octanol–water partition coefficient (Wildman–Crippen LogP) is 1.54. The zero-order chi connectivity index (χ0) is 11.1. The lowest BCUT2D eigenvalue weighted by Gasteiger charge is -2.23. The molecule has 1 aliphatic rings. The first kappa shape index (κ1) is 12.5. The summed E-state index contributed by atoms with van der Waals surface area (Å²) in [5.74, 6) is 1.09. The Morgan fingerprint density at radius 3 is 2.73 bits per heavy atom. The van der Waals surface area contributed by atoms with Crippen LogP contribution in [0.5, 0.6) is 0 Å². The van der Waals surface area contributed by atoms with Gasteiger partial charge in [0.2, 0.25) is 5.91 Å². The third kappa shape index (κ3) is 4.20. The summed E-state index contributed by atoms with van der Waals surface area (Å²) in [4.78, 5) is 11.8. The Morgan fingerprint density at radius 2 is 2.20 bits per heavy atom. The van der Waals surface area contributed by atoms with Crippen molar-refractivity contribution in [3.63, 3.8) is 0 Å². The molecule has 0 unspecified atom stereocenters. The van der Waals surface area contributed by atoms with Crippen molar-refractivity contribution in [3.05, 3.63) is 0 Å². The van der Waals surface area contributed by atoms with Gasteiger partial charge >= 0.3 is 0 Å². The van der Waals surface area contributed by atoms with Crippen molar-refractivity contribution in [2.24, 2.45) is 11.8 Å². The molecule has 1 amide bonds. The molecule has 0 aliphatic carbocycles. The number of piperidine rings is 1. The molecular weight excluding hydrogens is 188 g/mol. The van der Waals surface area contributed by atoms with Crippen LogP contribution in [-0.4, -0.2) is 25.5 Å². The minimum atomic E-state index is 0.202. The Balaban J connectivity index is 2.22. The van der Waals surface area contributed by atoms with Crippen molar-refractivity contribution < 1.29 is 4.79 Å². The maximum Gasteiger partial charge on any atom is 0.224 e. The van der Waals surface area contributed by atoms with Gasteiger partial charge in [0.05, 0.1) is 5.92 Å².